The van der Waals surface area contributed by atoms with Crippen LogP contribution in [-0.4, -0.2) is 11.4 Å². The Morgan fingerprint density at radius 3 is 2.41 bits per heavy atom. The molecule has 0 saturated carbocycles. The Bertz CT molecular complexity index is 779. The Kier molecular flexibility index (Phi) is 11.6. The van der Waals surface area contributed by atoms with E-state index >= 15 is 0 Å². The number of nitrogens with one attached hydrogen (secondary N) is 1. The van der Waals surface area contributed by atoms with Crippen molar-refractivity contribution in [2.24, 2.45) is 11.3 Å². The number of fused-ring (bicyclic) bond motifs is 1. The maximum absolute atomic E-state index is 12.8. The van der Waals surface area contributed by atoms with Crippen LogP contribution in [0.4, 0.5) is 0 Å². The fraction of sp³-hybridized carbons (Fsp3) is 0.621. The van der Waals surface area contributed by atoms with E-state index in [1.165, 1.54) is 11.1 Å². The monoisotopic (exact) mass is 457 g/mol. The summed E-state index contributed by atoms with van der Waals surface area (Å²) >= 11 is 5.86. The highest BCUT2D eigenvalue weighted by molar-refractivity contribution is 6.30. The van der Waals surface area contributed by atoms with E-state index in [4.69, 9.17) is 18.0 Å². The minimum atomic E-state index is -0.284. The molecule has 0 fully saturated rings. The van der Waals surface area contributed by atoms with Crippen LogP contribution in [0.2, 0.25) is 5.02 Å². The van der Waals surface area contributed by atoms with Gasteiger partial charge in [-0.2, -0.15) is 0 Å². The maximum Gasteiger partial charge on any atom is 0.226 e. The van der Waals surface area contributed by atoms with Crippen LogP contribution in [0.3, 0.4) is 0 Å². The molecule has 2 unspecified atom stereocenters. The van der Waals surface area contributed by atoms with Gasteiger partial charge >= 0.3 is 0 Å². The molecule has 0 heterocycles. The number of halogens is 1. The van der Waals surface area contributed by atoms with Crippen molar-refractivity contribution in [3.05, 3.63) is 47.0 Å². The highest BCUT2D eigenvalue weighted by Crippen LogP contribution is 2.39. The van der Waals surface area contributed by atoms with Gasteiger partial charge in [0.15, 0.2) is 0 Å². The van der Waals surface area contributed by atoms with Gasteiger partial charge in [-0.3, -0.25) is 4.79 Å². The molecule has 1 N–H and O–H groups in total. The number of amides is 1. The molecule has 2 nitrogen and oxygen atoms in total. The standard InChI is InChI=1S/C18H35NO.C11H9Cl/c1-8-11-14-18(7,15(12-9-2)13-10-3)16(20)19-17(4,5)6;1-2-8-3-4-9-7-10(12)5-6-11(8)9/h8,15H,1,9-14H2,2-7H3,(H,19,20);1,5-8H,3-4H2. The largest absolute Gasteiger partial charge is 0.351 e. The fourth-order valence-electron chi connectivity index (χ4n) is 4.63. The maximum atomic E-state index is 12.8. The summed E-state index contributed by atoms with van der Waals surface area (Å²) < 4.78 is 0. The molecule has 2 atom stereocenters. The SMILES string of the molecule is C#CC1CCc2cc(Cl)ccc21.C=CCCC(C)(C(=O)NC(C)(C)C)C(CCC)CCC. The summed E-state index contributed by atoms with van der Waals surface area (Å²) in [7, 11) is 0. The van der Waals surface area contributed by atoms with Crippen LogP contribution >= 0.6 is 11.6 Å². The van der Waals surface area contributed by atoms with Gasteiger partial charge in [-0.1, -0.05) is 63.3 Å². The molecule has 0 spiro atoms. The lowest BCUT2D eigenvalue weighted by atomic mass is 9.69. The van der Waals surface area contributed by atoms with Gasteiger partial charge in [-0.15, -0.1) is 13.0 Å². The zero-order valence-corrected chi connectivity index (χ0v) is 21.9. The predicted molar refractivity (Wildman–Crippen MR) is 140 cm³/mol. The lowest BCUT2D eigenvalue weighted by molar-refractivity contribution is -0.135. The molecule has 0 aromatic heterocycles. The lowest BCUT2D eigenvalue weighted by Gasteiger charge is -2.39. The third-order valence-corrected chi connectivity index (χ3v) is 6.67. The van der Waals surface area contributed by atoms with Crippen LogP contribution in [-0.2, 0) is 11.2 Å². The average molecular weight is 458 g/mol. The van der Waals surface area contributed by atoms with Crippen molar-refractivity contribution >= 4 is 17.5 Å². The molecule has 1 aliphatic carbocycles. The summed E-state index contributed by atoms with van der Waals surface area (Å²) in [6.45, 7) is 16.5. The third-order valence-electron chi connectivity index (χ3n) is 6.43. The highest BCUT2D eigenvalue weighted by atomic mass is 35.5. The van der Waals surface area contributed by atoms with Gasteiger partial charge in [-0.05, 0) is 88.5 Å². The Morgan fingerprint density at radius 1 is 1.28 bits per heavy atom. The van der Waals surface area contributed by atoms with Crippen molar-refractivity contribution in [1.82, 2.24) is 5.32 Å². The molecule has 1 amide bonds. The number of carbonyl (C=O) groups is 1. The van der Waals surface area contributed by atoms with E-state index < -0.39 is 0 Å². The first-order chi connectivity index (χ1) is 15.0. The van der Waals surface area contributed by atoms with E-state index in [0.29, 0.717) is 11.8 Å². The summed E-state index contributed by atoms with van der Waals surface area (Å²) in [4.78, 5) is 12.8. The first-order valence-corrected chi connectivity index (χ1v) is 12.6. The van der Waals surface area contributed by atoms with Gasteiger partial charge in [0, 0.05) is 21.9 Å². The second-order valence-electron chi connectivity index (χ2n) is 10.3. The summed E-state index contributed by atoms with van der Waals surface area (Å²) in [5, 5.41) is 4.00. The highest BCUT2D eigenvalue weighted by Gasteiger charge is 2.40. The number of terminal acetylenes is 1. The summed E-state index contributed by atoms with van der Waals surface area (Å²) in [5.41, 5.74) is 2.16. The van der Waals surface area contributed by atoms with Crippen LogP contribution in [0.15, 0.2) is 30.9 Å². The van der Waals surface area contributed by atoms with Crippen LogP contribution < -0.4 is 5.32 Å². The smallest absolute Gasteiger partial charge is 0.226 e. The van der Waals surface area contributed by atoms with Gasteiger partial charge in [0.2, 0.25) is 5.91 Å². The lowest BCUT2D eigenvalue weighted by Crippen LogP contribution is -2.50. The van der Waals surface area contributed by atoms with E-state index in [9.17, 15) is 4.79 Å². The molecule has 1 aromatic carbocycles. The van der Waals surface area contributed by atoms with Crippen molar-refractivity contribution in [3.8, 4) is 12.3 Å². The van der Waals surface area contributed by atoms with Crippen LogP contribution in [0.1, 0.15) is 104 Å². The molecule has 178 valence electrons. The van der Waals surface area contributed by atoms with Crippen LogP contribution in [0, 0.1) is 23.7 Å². The molecule has 2 rings (SSSR count). The molecule has 0 bridgehead atoms. The van der Waals surface area contributed by atoms with E-state index in [1.807, 2.05) is 39.0 Å². The molecule has 1 aromatic rings. The van der Waals surface area contributed by atoms with Crippen molar-refractivity contribution in [3.63, 3.8) is 0 Å². The van der Waals surface area contributed by atoms with E-state index in [2.05, 4.69) is 44.7 Å². The molecule has 1 aliphatic rings. The molecule has 0 aliphatic heterocycles. The number of aryl methyl sites for hydroxylation is 1. The number of benzene rings is 1. The molecule has 0 saturated heterocycles. The van der Waals surface area contributed by atoms with Gasteiger partial charge < -0.3 is 5.32 Å². The second kappa shape index (κ2) is 13.1. The Balaban J connectivity index is 0.000000357. The zero-order chi connectivity index (χ0) is 24.4. The quantitative estimate of drug-likeness (QED) is 0.294. The first kappa shape index (κ1) is 28.3. The first-order valence-electron chi connectivity index (χ1n) is 12.2. The molecular formula is C29H44ClNO. The Labute approximate surface area is 202 Å². The molecule has 3 heteroatoms. The number of hydrogen-bond acceptors (Lipinski definition) is 1. The summed E-state index contributed by atoms with van der Waals surface area (Å²) in [6, 6.07) is 5.99. The Hall–Kier alpha value is -1.72. The number of carbonyl (C=O) groups excluding carboxylic acids is 1. The molecular weight excluding hydrogens is 414 g/mol. The Morgan fingerprint density at radius 2 is 1.91 bits per heavy atom. The van der Waals surface area contributed by atoms with Crippen molar-refractivity contribution in [2.45, 2.75) is 104 Å². The fourth-order valence-corrected chi connectivity index (χ4v) is 4.82. The average Bonchev–Trinajstić information content (AvgIpc) is 3.13. The minimum absolute atomic E-state index is 0.171. The summed E-state index contributed by atoms with van der Waals surface area (Å²) in [5.74, 6) is 3.78. The van der Waals surface area contributed by atoms with E-state index in [-0.39, 0.29) is 16.9 Å². The van der Waals surface area contributed by atoms with Gasteiger partial charge in [0.05, 0.1) is 0 Å². The van der Waals surface area contributed by atoms with Gasteiger partial charge in [0.25, 0.3) is 0 Å². The number of hydrogen-bond donors (Lipinski definition) is 1. The van der Waals surface area contributed by atoms with E-state index in [1.54, 1.807) is 0 Å². The number of allylic oxidation sites excluding steroid dienone is 1. The second-order valence-corrected chi connectivity index (χ2v) is 10.8. The van der Waals surface area contributed by atoms with Crippen LogP contribution in [0.5, 0.6) is 0 Å². The third kappa shape index (κ3) is 8.32. The minimum Gasteiger partial charge on any atom is -0.351 e. The topological polar surface area (TPSA) is 29.1 Å². The number of rotatable bonds is 9. The van der Waals surface area contributed by atoms with Gasteiger partial charge in [0.1, 0.15) is 0 Å². The van der Waals surface area contributed by atoms with Gasteiger partial charge in [-0.25, -0.2) is 0 Å². The van der Waals surface area contributed by atoms with Crippen molar-refractivity contribution < 1.29 is 4.79 Å². The predicted octanol–water partition coefficient (Wildman–Crippen LogP) is 8.09. The zero-order valence-electron chi connectivity index (χ0n) is 21.2. The van der Waals surface area contributed by atoms with Crippen molar-refractivity contribution in [2.75, 3.05) is 0 Å². The van der Waals surface area contributed by atoms with Crippen molar-refractivity contribution in [1.29, 1.82) is 0 Å². The normalized spacial score (nSPS) is 16.9. The summed E-state index contributed by atoms with van der Waals surface area (Å²) in [6.07, 6.45) is 15.8. The molecule has 0 radical (unpaired) electrons. The van der Waals surface area contributed by atoms with E-state index in [0.717, 1.165) is 56.4 Å². The van der Waals surface area contributed by atoms with Crippen LogP contribution in [0.25, 0.3) is 0 Å². The molecule has 32 heavy (non-hydrogen) atoms.